The lowest BCUT2D eigenvalue weighted by Crippen LogP contribution is -2.33. The molecular weight excluding hydrogens is 316 g/mol. The van der Waals surface area contributed by atoms with E-state index in [1.807, 2.05) is 24.3 Å². The fourth-order valence-electron chi connectivity index (χ4n) is 2.99. The monoisotopic (exact) mass is 348 g/mol. The van der Waals surface area contributed by atoms with Crippen molar-refractivity contribution >= 4 is 11.8 Å². The third-order valence-corrected chi connectivity index (χ3v) is 4.42. The molecule has 0 unspecified atom stereocenters. The van der Waals surface area contributed by atoms with E-state index in [0.717, 1.165) is 43.9 Å². The zero-order chi connectivity index (χ0) is 17.7. The molecule has 2 rings (SSSR count). The number of amides is 1. The first-order valence-corrected chi connectivity index (χ1v) is 9.60. The van der Waals surface area contributed by atoms with Gasteiger partial charge in [0.25, 0.3) is 0 Å². The summed E-state index contributed by atoms with van der Waals surface area (Å²) in [4.78, 5) is 14.3. The van der Waals surface area contributed by atoms with E-state index in [2.05, 4.69) is 17.1 Å². The highest BCUT2D eigenvalue weighted by Crippen LogP contribution is 2.13. The SMILES string of the molecule is CCCCCOCc1cccc(NC(=O)OCCN2CCCCC2)c1. The van der Waals surface area contributed by atoms with Crippen LogP contribution in [0.3, 0.4) is 0 Å². The van der Waals surface area contributed by atoms with Crippen LogP contribution in [0.2, 0.25) is 0 Å². The summed E-state index contributed by atoms with van der Waals surface area (Å²) in [6.45, 7) is 7.02. The minimum atomic E-state index is -0.391. The molecule has 0 aliphatic carbocycles. The highest BCUT2D eigenvalue weighted by atomic mass is 16.5. The minimum Gasteiger partial charge on any atom is -0.448 e. The van der Waals surface area contributed by atoms with E-state index in [-0.39, 0.29) is 0 Å². The Kier molecular flexibility index (Phi) is 9.37. The van der Waals surface area contributed by atoms with E-state index in [1.54, 1.807) is 0 Å². The summed E-state index contributed by atoms with van der Waals surface area (Å²) in [5.74, 6) is 0. The largest absolute Gasteiger partial charge is 0.448 e. The lowest BCUT2D eigenvalue weighted by molar-refractivity contribution is 0.117. The molecule has 5 heteroatoms. The number of hydrogen-bond acceptors (Lipinski definition) is 4. The lowest BCUT2D eigenvalue weighted by Gasteiger charge is -2.25. The van der Waals surface area contributed by atoms with Gasteiger partial charge in [0.15, 0.2) is 0 Å². The fourth-order valence-corrected chi connectivity index (χ4v) is 2.99. The molecule has 1 N–H and O–H groups in total. The molecule has 1 heterocycles. The molecular formula is C20H32N2O3. The van der Waals surface area contributed by atoms with Crippen LogP contribution in [0.15, 0.2) is 24.3 Å². The van der Waals surface area contributed by atoms with Gasteiger partial charge in [0, 0.05) is 18.8 Å². The normalized spacial score (nSPS) is 15.1. The molecule has 5 nitrogen and oxygen atoms in total. The molecule has 1 aromatic carbocycles. The van der Waals surface area contributed by atoms with Crippen LogP contribution in [-0.4, -0.2) is 43.8 Å². The Labute approximate surface area is 151 Å². The van der Waals surface area contributed by atoms with Gasteiger partial charge in [-0.1, -0.05) is 38.3 Å². The van der Waals surface area contributed by atoms with Crippen LogP contribution in [0.25, 0.3) is 0 Å². The van der Waals surface area contributed by atoms with Crippen molar-refractivity contribution in [1.82, 2.24) is 4.90 Å². The first-order chi connectivity index (χ1) is 12.3. The van der Waals surface area contributed by atoms with E-state index in [4.69, 9.17) is 9.47 Å². The second-order valence-corrected chi connectivity index (χ2v) is 6.62. The van der Waals surface area contributed by atoms with Gasteiger partial charge in [-0.15, -0.1) is 0 Å². The Balaban J connectivity index is 1.64. The second-order valence-electron chi connectivity index (χ2n) is 6.62. The summed E-state index contributed by atoms with van der Waals surface area (Å²) in [5, 5.41) is 2.80. The van der Waals surface area contributed by atoms with Crippen molar-refractivity contribution in [2.45, 2.75) is 52.1 Å². The molecule has 1 aromatic rings. The van der Waals surface area contributed by atoms with Crippen molar-refractivity contribution in [3.8, 4) is 0 Å². The zero-order valence-electron chi connectivity index (χ0n) is 15.5. The molecule has 0 radical (unpaired) electrons. The number of piperidine rings is 1. The third kappa shape index (κ3) is 8.36. The van der Waals surface area contributed by atoms with Gasteiger partial charge in [0.2, 0.25) is 0 Å². The number of carbonyl (C=O) groups is 1. The smallest absolute Gasteiger partial charge is 0.411 e. The zero-order valence-corrected chi connectivity index (χ0v) is 15.5. The molecule has 140 valence electrons. The molecule has 1 amide bonds. The van der Waals surface area contributed by atoms with Crippen molar-refractivity contribution in [3.05, 3.63) is 29.8 Å². The number of unbranched alkanes of at least 4 members (excludes halogenated alkanes) is 2. The Bertz CT molecular complexity index is 501. The minimum absolute atomic E-state index is 0.391. The van der Waals surface area contributed by atoms with Crippen LogP contribution in [-0.2, 0) is 16.1 Å². The molecule has 0 bridgehead atoms. The average Bonchev–Trinajstić information content (AvgIpc) is 2.63. The quantitative estimate of drug-likeness (QED) is 0.636. The number of nitrogens with one attached hydrogen (secondary N) is 1. The van der Waals surface area contributed by atoms with Gasteiger partial charge < -0.3 is 9.47 Å². The van der Waals surface area contributed by atoms with Crippen LogP contribution in [0, 0.1) is 0 Å². The fraction of sp³-hybridized carbons (Fsp3) is 0.650. The van der Waals surface area contributed by atoms with E-state index >= 15 is 0 Å². The van der Waals surface area contributed by atoms with Crippen molar-refractivity contribution < 1.29 is 14.3 Å². The van der Waals surface area contributed by atoms with Gasteiger partial charge in [-0.3, -0.25) is 10.2 Å². The van der Waals surface area contributed by atoms with E-state index in [9.17, 15) is 4.79 Å². The van der Waals surface area contributed by atoms with E-state index < -0.39 is 6.09 Å². The molecule has 1 saturated heterocycles. The summed E-state index contributed by atoms with van der Waals surface area (Å²) in [6, 6.07) is 7.74. The first kappa shape index (κ1) is 19.7. The maximum Gasteiger partial charge on any atom is 0.411 e. The molecule has 0 saturated carbocycles. The molecule has 0 spiro atoms. The Morgan fingerprint density at radius 3 is 2.80 bits per heavy atom. The summed E-state index contributed by atoms with van der Waals surface area (Å²) in [7, 11) is 0. The van der Waals surface area contributed by atoms with E-state index in [1.165, 1.54) is 32.1 Å². The Morgan fingerprint density at radius 1 is 1.16 bits per heavy atom. The van der Waals surface area contributed by atoms with Gasteiger partial charge >= 0.3 is 6.09 Å². The Morgan fingerprint density at radius 2 is 2.00 bits per heavy atom. The molecule has 1 fully saturated rings. The summed E-state index contributed by atoms with van der Waals surface area (Å²) in [6.07, 6.45) is 6.92. The number of ether oxygens (including phenoxy) is 2. The van der Waals surface area contributed by atoms with Crippen molar-refractivity contribution in [1.29, 1.82) is 0 Å². The predicted molar refractivity (Wildman–Crippen MR) is 101 cm³/mol. The number of carbonyl (C=O) groups excluding carboxylic acids is 1. The van der Waals surface area contributed by atoms with Crippen LogP contribution in [0.4, 0.5) is 10.5 Å². The maximum absolute atomic E-state index is 11.9. The summed E-state index contributed by atoms with van der Waals surface area (Å²) < 4.78 is 11.0. The topological polar surface area (TPSA) is 50.8 Å². The maximum atomic E-state index is 11.9. The highest BCUT2D eigenvalue weighted by Gasteiger charge is 2.10. The number of nitrogens with zero attached hydrogens (tertiary/aromatic N) is 1. The van der Waals surface area contributed by atoms with Crippen LogP contribution in [0.5, 0.6) is 0 Å². The van der Waals surface area contributed by atoms with Crippen LogP contribution < -0.4 is 5.32 Å². The number of hydrogen-bond donors (Lipinski definition) is 1. The second kappa shape index (κ2) is 11.9. The number of likely N-dealkylation sites (tertiary alicyclic amines) is 1. The third-order valence-electron chi connectivity index (χ3n) is 4.42. The van der Waals surface area contributed by atoms with Crippen molar-refractivity contribution in [2.24, 2.45) is 0 Å². The lowest BCUT2D eigenvalue weighted by atomic mass is 10.1. The average molecular weight is 348 g/mol. The number of rotatable bonds is 10. The highest BCUT2D eigenvalue weighted by molar-refractivity contribution is 5.84. The van der Waals surface area contributed by atoms with Gasteiger partial charge in [-0.2, -0.15) is 0 Å². The first-order valence-electron chi connectivity index (χ1n) is 9.60. The number of anilines is 1. The van der Waals surface area contributed by atoms with Gasteiger partial charge in [-0.25, -0.2) is 4.79 Å². The number of benzene rings is 1. The van der Waals surface area contributed by atoms with Gasteiger partial charge in [0.1, 0.15) is 6.61 Å². The van der Waals surface area contributed by atoms with E-state index in [0.29, 0.717) is 13.2 Å². The molecule has 25 heavy (non-hydrogen) atoms. The molecule has 0 aromatic heterocycles. The predicted octanol–water partition coefficient (Wildman–Crippen LogP) is 4.43. The summed E-state index contributed by atoms with van der Waals surface area (Å²) >= 11 is 0. The summed E-state index contributed by atoms with van der Waals surface area (Å²) in [5.41, 5.74) is 1.81. The molecule has 1 aliphatic heterocycles. The van der Waals surface area contributed by atoms with Crippen molar-refractivity contribution in [3.63, 3.8) is 0 Å². The van der Waals surface area contributed by atoms with Gasteiger partial charge in [0.05, 0.1) is 6.61 Å². The van der Waals surface area contributed by atoms with Crippen LogP contribution >= 0.6 is 0 Å². The molecule has 1 aliphatic rings. The molecule has 0 atom stereocenters. The van der Waals surface area contributed by atoms with Gasteiger partial charge in [-0.05, 0) is 50.0 Å². The standard InChI is InChI=1S/C20H32N2O3/c1-2-3-7-14-24-17-18-9-8-10-19(16-18)21-20(23)25-15-13-22-11-5-4-6-12-22/h8-10,16H,2-7,11-15,17H2,1H3,(H,21,23). The van der Waals surface area contributed by atoms with Crippen molar-refractivity contribution in [2.75, 3.05) is 38.2 Å². The Hall–Kier alpha value is -1.59. The van der Waals surface area contributed by atoms with Crippen LogP contribution in [0.1, 0.15) is 51.0 Å².